The zero-order valence-corrected chi connectivity index (χ0v) is 18.6. The molecule has 0 aliphatic carbocycles. The summed E-state index contributed by atoms with van der Waals surface area (Å²) in [5.74, 6) is 0.219. The maximum Gasteiger partial charge on any atom is 0.319 e. The summed E-state index contributed by atoms with van der Waals surface area (Å²) in [6.07, 6.45) is 1.22. The molecule has 9 nitrogen and oxygen atoms in total. The van der Waals surface area contributed by atoms with Gasteiger partial charge in [-0.3, -0.25) is 9.59 Å². The molecule has 0 unspecified atom stereocenters. The van der Waals surface area contributed by atoms with E-state index in [9.17, 15) is 14.4 Å². The third kappa shape index (κ3) is 5.66. The number of hydrogen-bond acceptors (Lipinski definition) is 5. The monoisotopic (exact) mass is 432 g/mol. The molecule has 0 spiro atoms. The molecule has 3 N–H and O–H groups in total. The maximum absolute atomic E-state index is 13.2. The van der Waals surface area contributed by atoms with Gasteiger partial charge in [-0.2, -0.15) is 0 Å². The highest BCUT2D eigenvalue weighted by molar-refractivity contribution is 5.99. The Labute approximate surface area is 182 Å². The second-order valence-electron chi connectivity index (χ2n) is 8.29. The third-order valence-electron chi connectivity index (χ3n) is 5.48. The Morgan fingerprint density at radius 1 is 1.26 bits per heavy atom. The fourth-order valence-electron chi connectivity index (χ4n) is 4.01. The van der Waals surface area contributed by atoms with Crippen molar-refractivity contribution in [2.24, 2.45) is 0 Å². The zero-order valence-electron chi connectivity index (χ0n) is 18.6. The number of carbonyl (C=O) groups excluding carboxylic acids is 3. The molecule has 1 fully saturated rings. The molecule has 31 heavy (non-hydrogen) atoms. The third-order valence-corrected chi connectivity index (χ3v) is 5.48. The molecular formula is C22H32N4O5. The Bertz CT molecular complexity index is 828. The number of benzene rings is 1. The topological polar surface area (TPSA) is 109 Å². The average molecular weight is 433 g/mol. The van der Waals surface area contributed by atoms with Crippen LogP contribution in [0.4, 0.5) is 10.5 Å². The Hall–Kier alpha value is -2.81. The number of hydrogen-bond donors (Lipinski definition) is 3. The Kier molecular flexibility index (Phi) is 7.37. The zero-order chi connectivity index (χ0) is 22.5. The Morgan fingerprint density at radius 2 is 2.03 bits per heavy atom. The van der Waals surface area contributed by atoms with E-state index in [2.05, 4.69) is 16.0 Å². The van der Waals surface area contributed by atoms with E-state index in [0.29, 0.717) is 36.4 Å². The molecule has 1 aromatic carbocycles. The van der Waals surface area contributed by atoms with Crippen molar-refractivity contribution in [2.75, 3.05) is 25.5 Å². The first kappa shape index (κ1) is 22.9. The number of urea groups is 1. The van der Waals surface area contributed by atoms with Crippen molar-refractivity contribution >= 4 is 23.5 Å². The van der Waals surface area contributed by atoms with Gasteiger partial charge in [-0.05, 0) is 51.8 Å². The summed E-state index contributed by atoms with van der Waals surface area (Å²) in [4.78, 5) is 38.8. The predicted molar refractivity (Wildman–Crippen MR) is 116 cm³/mol. The summed E-state index contributed by atoms with van der Waals surface area (Å²) in [5, 5.41) is 8.30. The second-order valence-corrected chi connectivity index (χ2v) is 8.29. The van der Waals surface area contributed by atoms with E-state index in [1.54, 1.807) is 30.1 Å². The number of nitrogens with one attached hydrogen (secondary N) is 3. The van der Waals surface area contributed by atoms with Crippen LogP contribution in [0.3, 0.4) is 0 Å². The lowest BCUT2D eigenvalue weighted by Crippen LogP contribution is -2.54. The molecule has 1 aromatic rings. The average Bonchev–Trinajstić information content (AvgIpc) is 2.70. The van der Waals surface area contributed by atoms with Crippen LogP contribution in [-0.2, 0) is 9.53 Å². The normalized spacial score (nSPS) is 23.1. The molecule has 1 saturated heterocycles. The van der Waals surface area contributed by atoms with Crippen LogP contribution in [0.25, 0.3) is 0 Å². The highest BCUT2D eigenvalue weighted by atomic mass is 16.5. The molecule has 2 aliphatic rings. The molecule has 2 aliphatic heterocycles. The molecule has 0 aromatic heterocycles. The van der Waals surface area contributed by atoms with Gasteiger partial charge in [-0.25, -0.2) is 4.79 Å². The minimum Gasteiger partial charge on any atom is -0.490 e. The van der Waals surface area contributed by atoms with Crippen LogP contribution >= 0.6 is 0 Å². The van der Waals surface area contributed by atoms with E-state index in [1.165, 1.54) is 0 Å². The van der Waals surface area contributed by atoms with Crippen molar-refractivity contribution in [3.05, 3.63) is 23.8 Å². The van der Waals surface area contributed by atoms with E-state index in [4.69, 9.17) is 9.47 Å². The van der Waals surface area contributed by atoms with Gasteiger partial charge in [0.2, 0.25) is 5.91 Å². The lowest BCUT2D eigenvalue weighted by atomic mass is 9.94. The summed E-state index contributed by atoms with van der Waals surface area (Å²) < 4.78 is 12.1. The van der Waals surface area contributed by atoms with Gasteiger partial charge in [0.05, 0.1) is 24.1 Å². The smallest absolute Gasteiger partial charge is 0.319 e. The fraction of sp³-hybridized carbons (Fsp3) is 0.591. The minimum atomic E-state index is -0.332. The van der Waals surface area contributed by atoms with Crippen molar-refractivity contribution in [1.29, 1.82) is 0 Å². The van der Waals surface area contributed by atoms with Crippen LogP contribution in [0.2, 0.25) is 0 Å². The summed E-state index contributed by atoms with van der Waals surface area (Å²) in [6.45, 7) is 6.49. The second kappa shape index (κ2) is 10.00. The summed E-state index contributed by atoms with van der Waals surface area (Å²) in [5.41, 5.74) is 0.911. The van der Waals surface area contributed by atoms with Gasteiger partial charge in [-0.1, -0.05) is 0 Å². The van der Waals surface area contributed by atoms with Gasteiger partial charge >= 0.3 is 6.03 Å². The van der Waals surface area contributed by atoms with Gasteiger partial charge in [0.25, 0.3) is 5.91 Å². The summed E-state index contributed by atoms with van der Waals surface area (Å²) >= 11 is 0. The molecule has 0 saturated carbocycles. The van der Waals surface area contributed by atoms with Gasteiger partial charge in [0, 0.05) is 25.3 Å². The number of nitrogens with zero attached hydrogens (tertiary/aromatic N) is 1. The van der Waals surface area contributed by atoms with E-state index in [-0.39, 0.29) is 48.7 Å². The number of fused-ring (bicyclic) bond motifs is 2. The predicted octanol–water partition coefficient (Wildman–Crippen LogP) is 2.12. The molecule has 0 bridgehead atoms. The number of amides is 4. The molecule has 3 atom stereocenters. The van der Waals surface area contributed by atoms with Crippen LogP contribution in [0.5, 0.6) is 5.75 Å². The Morgan fingerprint density at radius 3 is 2.74 bits per heavy atom. The van der Waals surface area contributed by atoms with Crippen molar-refractivity contribution in [1.82, 2.24) is 15.5 Å². The molecule has 170 valence electrons. The van der Waals surface area contributed by atoms with Crippen molar-refractivity contribution < 1.29 is 23.9 Å². The van der Waals surface area contributed by atoms with E-state index in [0.717, 1.165) is 6.42 Å². The molecule has 9 heteroatoms. The van der Waals surface area contributed by atoms with E-state index in [1.807, 2.05) is 20.8 Å². The number of rotatable bonds is 5. The largest absolute Gasteiger partial charge is 0.490 e. The first-order valence-electron chi connectivity index (χ1n) is 10.8. The standard InChI is InChI=1S/C22H32N4O5/c1-5-23-20(27)11-15-7-8-17-19(31-15)12-30-18-9-6-14(25-22(29)24-13(2)3)10-16(18)21(28)26(17)4/h6,9-10,13,15,17,19H,5,7-8,11-12H2,1-4H3,(H,23,27)(H2,24,25,29)/t15-,17+,19-/m1/s1. The SMILES string of the molecule is CCNC(=O)C[C@H]1CC[C@H]2[C@@H](COc3ccc(NC(=O)NC(C)C)cc3C(=O)N2C)O1. The lowest BCUT2D eigenvalue weighted by molar-refractivity contribution is -0.133. The fourth-order valence-corrected chi connectivity index (χ4v) is 4.01. The molecule has 0 radical (unpaired) electrons. The van der Waals surface area contributed by atoms with E-state index >= 15 is 0 Å². The number of likely N-dealkylation sites (N-methyl/N-ethyl adjacent to an activating group) is 1. The quantitative estimate of drug-likeness (QED) is 0.660. The van der Waals surface area contributed by atoms with Crippen molar-refractivity contribution in [3.8, 4) is 5.75 Å². The summed E-state index contributed by atoms with van der Waals surface area (Å²) in [7, 11) is 1.76. The van der Waals surface area contributed by atoms with Crippen LogP contribution in [0.15, 0.2) is 18.2 Å². The number of ether oxygens (including phenoxy) is 2. The first-order chi connectivity index (χ1) is 14.8. The minimum absolute atomic E-state index is 0.000506. The van der Waals surface area contributed by atoms with Gasteiger partial charge < -0.3 is 30.3 Å². The van der Waals surface area contributed by atoms with Gasteiger partial charge in [-0.15, -0.1) is 0 Å². The lowest BCUT2D eigenvalue weighted by Gasteiger charge is -2.42. The summed E-state index contributed by atoms with van der Waals surface area (Å²) in [6, 6.07) is 4.54. The molecule has 2 heterocycles. The van der Waals surface area contributed by atoms with Gasteiger partial charge in [0.1, 0.15) is 18.5 Å². The van der Waals surface area contributed by atoms with Crippen molar-refractivity contribution in [3.63, 3.8) is 0 Å². The molecule has 3 rings (SSSR count). The van der Waals surface area contributed by atoms with Crippen molar-refractivity contribution in [2.45, 2.75) is 64.3 Å². The Balaban J connectivity index is 1.73. The van der Waals surface area contributed by atoms with Crippen LogP contribution in [0.1, 0.15) is 50.4 Å². The molecule has 4 amide bonds. The maximum atomic E-state index is 13.2. The number of carbonyl (C=O) groups is 3. The molecular weight excluding hydrogens is 400 g/mol. The highest BCUT2D eigenvalue weighted by Gasteiger charge is 2.39. The number of anilines is 1. The highest BCUT2D eigenvalue weighted by Crippen LogP contribution is 2.32. The van der Waals surface area contributed by atoms with Crippen LogP contribution < -0.4 is 20.7 Å². The van der Waals surface area contributed by atoms with Crippen LogP contribution in [0, 0.1) is 0 Å². The first-order valence-corrected chi connectivity index (χ1v) is 10.8. The van der Waals surface area contributed by atoms with E-state index < -0.39 is 0 Å². The van der Waals surface area contributed by atoms with Crippen LogP contribution in [-0.4, -0.2) is 67.2 Å². The van der Waals surface area contributed by atoms with Gasteiger partial charge in [0.15, 0.2) is 0 Å².